The molecular formula is C17H23FN4OS. The van der Waals surface area contributed by atoms with Crippen molar-refractivity contribution in [3.63, 3.8) is 0 Å². The molecule has 1 heterocycles. The van der Waals surface area contributed by atoms with Gasteiger partial charge >= 0.3 is 0 Å². The van der Waals surface area contributed by atoms with Crippen LogP contribution < -0.4 is 15.4 Å². The number of benzene rings is 1. The number of hydrogen-bond donors (Lipinski definition) is 2. The summed E-state index contributed by atoms with van der Waals surface area (Å²) in [5, 5.41) is 7.47. The van der Waals surface area contributed by atoms with E-state index >= 15 is 0 Å². The van der Waals surface area contributed by atoms with Gasteiger partial charge in [0, 0.05) is 23.7 Å². The Morgan fingerprint density at radius 3 is 2.92 bits per heavy atom. The second kappa shape index (κ2) is 9.22. The highest BCUT2D eigenvalue weighted by Gasteiger charge is 2.07. The lowest BCUT2D eigenvalue weighted by Gasteiger charge is -2.17. The summed E-state index contributed by atoms with van der Waals surface area (Å²) in [4.78, 5) is 9.89. The average Bonchev–Trinajstić information content (AvgIpc) is 2.95. The first kappa shape index (κ1) is 18.2. The number of aryl methyl sites for hydroxylation is 1. The van der Waals surface area contributed by atoms with Crippen molar-refractivity contribution in [2.45, 2.75) is 33.4 Å². The quantitative estimate of drug-likeness (QED) is 0.595. The summed E-state index contributed by atoms with van der Waals surface area (Å²) in [5.41, 5.74) is 0. The van der Waals surface area contributed by atoms with Gasteiger partial charge in [-0.3, -0.25) is 0 Å². The Bertz CT molecular complexity index is 674. The number of hydrogen-bond acceptors (Lipinski definition) is 4. The van der Waals surface area contributed by atoms with Gasteiger partial charge in [-0.25, -0.2) is 14.4 Å². The minimum Gasteiger partial charge on any atom is -0.489 e. The molecule has 0 aliphatic heterocycles. The number of ether oxygens (including phenoxy) is 1. The van der Waals surface area contributed by atoms with E-state index in [2.05, 4.69) is 20.6 Å². The molecule has 2 rings (SSSR count). The summed E-state index contributed by atoms with van der Waals surface area (Å²) in [6, 6.07) is 6.15. The van der Waals surface area contributed by atoms with Crippen LogP contribution in [-0.4, -0.2) is 30.1 Å². The predicted molar refractivity (Wildman–Crippen MR) is 96.2 cm³/mol. The fourth-order valence-electron chi connectivity index (χ4n) is 2.03. The van der Waals surface area contributed by atoms with Crippen LogP contribution in [0.25, 0.3) is 0 Å². The van der Waals surface area contributed by atoms with Gasteiger partial charge in [-0.2, -0.15) is 0 Å². The van der Waals surface area contributed by atoms with E-state index in [4.69, 9.17) is 4.74 Å². The molecule has 1 unspecified atom stereocenters. The Morgan fingerprint density at radius 2 is 2.25 bits per heavy atom. The molecule has 2 N–H and O–H groups in total. The van der Waals surface area contributed by atoms with Crippen molar-refractivity contribution in [2.24, 2.45) is 4.99 Å². The van der Waals surface area contributed by atoms with Crippen molar-refractivity contribution in [3.05, 3.63) is 46.2 Å². The second-order valence-corrected chi connectivity index (χ2v) is 6.63. The van der Waals surface area contributed by atoms with Crippen LogP contribution in [-0.2, 0) is 6.54 Å². The number of thiazole rings is 1. The minimum atomic E-state index is -0.303. The number of nitrogens with zero attached hydrogens (tertiary/aromatic N) is 2. The van der Waals surface area contributed by atoms with E-state index in [1.807, 2.05) is 27.0 Å². The van der Waals surface area contributed by atoms with Gasteiger partial charge in [-0.05, 0) is 32.9 Å². The van der Waals surface area contributed by atoms with Crippen LogP contribution in [0.3, 0.4) is 0 Å². The van der Waals surface area contributed by atoms with Crippen LogP contribution in [0, 0.1) is 12.7 Å². The van der Waals surface area contributed by atoms with E-state index in [1.165, 1.54) is 12.1 Å². The third-order valence-corrected chi connectivity index (χ3v) is 3.99. The van der Waals surface area contributed by atoms with Gasteiger partial charge < -0.3 is 15.4 Å². The van der Waals surface area contributed by atoms with E-state index in [0.717, 1.165) is 22.4 Å². The Kier molecular flexibility index (Phi) is 6.99. The van der Waals surface area contributed by atoms with Crippen molar-refractivity contribution in [1.29, 1.82) is 0 Å². The number of aliphatic imine (C=N–C) groups is 1. The lowest BCUT2D eigenvalue weighted by molar-refractivity contribution is 0.223. The first-order valence-corrected chi connectivity index (χ1v) is 8.74. The molecule has 130 valence electrons. The van der Waals surface area contributed by atoms with Crippen LogP contribution >= 0.6 is 11.3 Å². The van der Waals surface area contributed by atoms with Gasteiger partial charge in [0.05, 0.1) is 18.1 Å². The fourth-order valence-corrected chi connectivity index (χ4v) is 2.75. The summed E-state index contributed by atoms with van der Waals surface area (Å²) in [6.45, 7) is 7.83. The van der Waals surface area contributed by atoms with Gasteiger partial charge in [-0.15, -0.1) is 11.3 Å². The molecule has 1 atom stereocenters. The highest BCUT2D eigenvalue weighted by Crippen LogP contribution is 2.14. The lowest BCUT2D eigenvalue weighted by atomic mass is 10.3. The Hall–Kier alpha value is -2.15. The number of guanidine groups is 1. The van der Waals surface area contributed by atoms with E-state index in [9.17, 15) is 4.39 Å². The molecule has 0 fully saturated rings. The molecule has 0 radical (unpaired) electrons. The summed E-state index contributed by atoms with van der Waals surface area (Å²) in [6.07, 6.45) is 1.73. The molecule has 0 aliphatic carbocycles. The first-order chi connectivity index (χ1) is 11.6. The number of rotatable bonds is 7. The molecule has 0 bridgehead atoms. The van der Waals surface area contributed by atoms with Gasteiger partial charge in [0.15, 0.2) is 5.96 Å². The molecule has 1 aromatic heterocycles. The molecule has 0 saturated heterocycles. The van der Waals surface area contributed by atoms with Gasteiger partial charge in [0.25, 0.3) is 0 Å². The van der Waals surface area contributed by atoms with E-state index in [0.29, 0.717) is 18.8 Å². The van der Waals surface area contributed by atoms with Crippen LogP contribution in [0.4, 0.5) is 4.39 Å². The zero-order chi connectivity index (χ0) is 17.4. The highest BCUT2D eigenvalue weighted by molar-refractivity contribution is 7.11. The Morgan fingerprint density at radius 1 is 1.42 bits per heavy atom. The largest absolute Gasteiger partial charge is 0.489 e. The molecular weight excluding hydrogens is 327 g/mol. The standard InChI is InChI=1S/C17H23FN4OS/c1-4-19-17(22-11-16-10-20-13(3)24-16)21-9-12(2)23-15-7-5-6-14(18)8-15/h5-8,10,12H,4,9,11H2,1-3H3,(H2,19,21,22). The number of nitrogens with one attached hydrogen (secondary N) is 2. The zero-order valence-electron chi connectivity index (χ0n) is 14.2. The Labute approximate surface area is 146 Å². The molecule has 24 heavy (non-hydrogen) atoms. The van der Waals surface area contributed by atoms with Crippen molar-refractivity contribution in [3.8, 4) is 5.75 Å². The van der Waals surface area contributed by atoms with E-state index in [1.54, 1.807) is 23.5 Å². The monoisotopic (exact) mass is 350 g/mol. The molecule has 0 aliphatic rings. The normalized spacial score (nSPS) is 12.8. The smallest absolute Gasteiger partial charge is 0.191 e. The molecule has 0 amide bonds. The number of aromatic nitrogens is 1. The van der Waals surface area contributed by atoms with Gasteiger partial charge in [0.1, 0.15) is 17.7 Å². The predicted octanol–water partition coefficient (Wildman–Crippen LogP) is 3.11. The summed E-state index contributed by atoms with van der Waals surface area (Å²) < 4.78 is 18.9. The maximum absolute atomic E-state index is 13.2. The topological polar surface area (TPSA) is 58.5 Å². The van der Waals surface area contributed by atoms with E-state index in [-0.39, 0.29) is 11.9 Å². The minimum absolute atomic E-state index is 0.124. The maximum atomic E-state index is 13.2. The molecule has 1 aromatic carbocycles. The van der Waals surface area contributed by atoms with Crippen LogP contribution in [0.1, 0.15) is 23.7 Å². The Balaban J connectivity index is 1.85. The molecule has 2 aromatic rings. The molecule has 0 saturated carbocycles. The van der Waals surface area contributed by atoms with Crippen molar-refractivity contribution in [1.82, 2.24) is 15.6 Å². The number of halogens is 1. The maximum Gasteiger partial charge on any atom is 0.191 e. The second-order valence-electron chi connectivity index (χ2n) is 5.31. The SMILES string of the molecule is CCNC(=NCc1cnc(C)s1)NCC(C)Oc1cccc(F)c1. The lowest BCUT2D eigenvalue weighted by Crippen LogP contribution is -2.41. The summed E-state index contributed by atoms with van der Waals surface area (Å²) in [7, 11) is 0. The average molecular weight is 350 g/mol. The molecule has 0 spiro atoms. The van der Waals surface area contributed by atoms with Crippen molar-refractivity contribution < 1.29 is 9.13 Å². The molecule has 7 heteroatoms. The van der Waals surface area contributed by atoms with Crippen LogP contribution in [0.15, 0.2) is 35.5 Å². The highest BCUT2D eigenvalue weighted by atomic mass is 32.1. The molecule has 5 nitrogen and oxygen atoms in total. The third kappa shape index (κ3) is 6.16. The fraction of sp³-hybridized carbons (Fsp3) is 0.412. The first-order valence-electron chi connectivity index (χ1n) is 7.92. The van der Waals surface area contributed by atoms with Crippen LogP contribution in [0.2, 0.25) is 0 Å². The van der Waals surface area contributed by atoms with Gasteiger partial charge in [0.2, 0.25) is 0 Å². The van der Waals surface area contributed by atoms with Gasteiger partial charge in [-0.1, -0.05) is 6.07 Å². The third-order valence-electron chi connectivity index (χ3n) is 3.10. The van der Waals surface area contributed by atoms with Crippen molar-refractivity contribution >= 4 is 17.3 Å². The summed E-state index contributed by atoms with van der Waals surface area (Å²) in [5.74, 6) is 0.937. The van der Waals surface area contributed by atoms with Crippen molar-refractivity contribution in [2.75, 3.05) is 13.1 Å². The van der Waals surface area contributed by atoms with E-state index < -0.39 is 0 Å². The van der Waals surface area contributed by atoms with Crippen LogP contribution in [0.5, 0.6) is 5.75 Å². The zero-order valence-corrected chi connectivity index (χ0v) is 15.0. The summed E-state index contributed by atoms with van der Waals surface area (Å²) >= 11 is 1.64.